The topological polar surface area (TPSA) is 15.3 Å². The molecule has 0 spiro atoms. The standard InChI is InChI=1S/C14H21ClN2/c1-4-8-16-9-10-17(3)12(2)13-6-5-7-14(15)11-13/h4-7,11-12,16H,1,8-10H2,2-3H3. The molecule has 1 N–H and O–H groups in total. The predicted octanol–water partition coefficient (Wildman–Crippen LogP) is 3.11. The van der Waals surface area contributed by atoms with Crippen LogP contribution in [0.1, 0.15) is 18.5 Å². The highest BCUT2D eigenvalue weighted by atomic mass is 35.5. The molecule has 0 amide bonds. The zero-order valence-electron chi connectivity index (χ0n) is 10.6. The van der Waals surface area contributed by atoms with E-state index in [4.69, 9.17) is 11.6 Å². The molecule has 0 aliphatic carbocycles. The Labute approximate surface area is 109 Å². The van der Waals surface area contributed by atoms with Gasteiger partial charge in [-0.2, -0.15) is 0 Å². The Morgan fingerprint density at radius 3 is 2.94 bits per heavy atom. The van der Waals surface area contributed by atoms with Crippen LogP contribution < -0.4 is 5.32 Å². The van der Waals surface area contributed by atoms with Crippen LogP contribution in [0.3, 0.4) is 0 Å². The first kappa shape index (κ1) is 14.2. The maximum atomic E-state index is 6.00. The van der Waals surface area contributed by atoms with E-state index in [1.54, 1.807) is 0 Å². The van der Waals surface area contributed by atoms with Gasteiger partial charge in [-0.3, -0.25) is 4.90 Å². The van der Waals surface area contributed by atoms with Gasteiger partial charge in [0.25, 0.3) is 0 Å². The number of nitrogens with zero attached hydrogens (tertiary/aromatic N) is 1. The summed E-state index contributed by atoms with van der Waals surface area (Å²) in [5.74, 6) is 0. The van der Waals surface area contributed by atoms with E-state index < -0.39 is 0 Å². The Morgan fingerprint density at radius 2 is 2.29 bits per heavy atom. The first-order chi connectivity index (χ1) is 8.15. The average molecular weight is 253 g/mol. The summed E-state index contributed by atoms with van der Waals surface area (Å²) in [5, 5.41) is 4.10. The maximum Gasteiger partial charge on any atom is 0.0409 e. The summed E-state index contributed by atoms with van der Waals surface area (Å²) >= 11 is 6.00. The van der Waals surface area contributed by atoms with Gasteiger partial charge in [-0.1, -0.05) is 29.8 Å². The van der Waals surface area contributed by atoms with Gasteiger partial charge in [0.15, 0.2) is 0 Å². The van der Waals surface area contributed by atoms with E-state index >= 15 is 0 Å². The molecule has 1 unspecified atom stereocenters. The number of rotatable bonds is 7. The van der Waals surface area contributed by atoms with Gasteiger partial charge in [0, 0.05) is 30.7 Å². The van der Waals surface area contributed by atoms with Gasteiger partial charge < -0.3 is 5.32 Å². The molecule has 1 rings (SSSR count). The maximum absolute atomic E-state index is 6.00. The lowest BCUT2D eigenvalue weighted by Crippen LogP contribution is -2.31. The third-order valence-electron chi connectivity index (χ3n) is 2.92. The lowest BCUT2D eigenvalue weighted by molar-refractivity contribution is 0.262. The summed E-state index contributed by atoms with van der Waals surface area (Å²) in [6.45, 7) is 8.70. The average Bonchev–Trinajstić information content (AvgIpc) is 2.33. The van der Waals surface area contributed by atoms with Crippen LogP contribution in [0.25, 0.3) is 0 Å². The largest absolute Gasteiger partial charge is 0.312 e. The fourth-order valence-corrected chi connectivity index (χ4v) is 1.87. The van der Waals surface area contributed by atoms with Gasteiger partial charge in [-0.15, -0.1) is 6.58 Å². The van der Waals surface area contributed by atoms with Crippen LogP contribution in [0.15, 0.2) is 36.9 Å². The molecular weight excluding hydrogens is 232 g/mol. The Kier molecular flexibility index (Phi) is 6.27. The van der Waals surface area contributed by atoms with Crippen molar-refractivity contribution in [3.8, 4) is 0 Å². The predicted molar refractivity (Wildman–Crippen MR) is 75.6 cm³/mol. The number of likely N-dealkylation sites (N-methyl/N-ethyl adjacent to an activating group) is 1. The Bertz CT molecular complexity index is 352. The molecule has 1 aromatic rings. The third kappa shape index (κ3) is 4.90. The first-order valence-electron chi connectivity index (χ1n) is 5.92. The normalized spacial score (nSPS) is 12.7. The van der Waals surface area contributed by atoms with Crippen molar-refractivity contribution in [2.45, 2.75) is 13.0 Å². The van der Waals surface area contributed by atoms with Gasteiger partial charge in [0.05, 0.1) is 0 Å². The Balaban J connectivity index is 2.45. The molecule has 1 atom stereocenters. The zero-order valence-corrected chi connectivity index (χ0v) is 11.4. The lowest BCUT2D eigenvalue weighted by atomic mass is 10.1. The van der Waals surface area contributed by atoms with Gasteiger partial charge in [0.1, 0.15) is 0 Å². The molecule has 0 radical (unpaired) electrons. The van der Waals surface area contributed by atoms with Crippen LogP contribution in [0, 0.1) is 0 Å². The summed E-state index contributed by atoms with van der Waals surface area (Å²) in [6.07, 6.45) is 1.88. The quantitative estimate of drug-likeness (QED) is 0.593. The van der Waals surface area contributed by atoms with Crippen molar-refractivity contribution >= 4 is 11.6 Å². The molecule has 0 aliphatic rings. The van der Waals surface area contributed by atoms with Gasteiger partial charge in [0.2, 0.25) is 0 Å². The highest BCUT2D eigenvalue weighted by Gasteiger charge is 2.10. The molecule has 0 heterocycles. The molecule has 0 aromatic heterocycles. The summed E-state index contributed by atoms with van der Waals surface area (Å²) in [6, 6.07) is 8.42. The van der Waals surface area contributed by atoms with Gasteiger partial charge >= 0.3 is 0 Å². The number of halogens is 1. The molecule has 1 aromatic carbocycles. The van der Waals surface area contributed by atoms with Gasteiger partial charge in [-0.05, 0) is 31.7 Å². The molecule has 0 aliphatic heterocycles. The Hall–Kier alpha value is -0.830. The fraction of sp³-hybridized carbons (Fsp3) is 0.429. The van der Waals surface area contributed by atoms with Crippen molar-refractivity contribution in [3.05, 3.63) is 47.5 Å². The minimum atomic E-state index is 0.374. The van der Waals surface area contributed by atoms with Crippen molar-refractivity contribution in [3.63, 3.8) is 0 Å². The third-order valence-corrected chi connectivity index (χ3v) is 3.16. The zero-order chi connectivity index (χ0) is 12.7. The van der Waals surface area contributed by atoms with Crippen molar-refractivity contribution in [1.82, 2.24) is 10.2 Å². The second kappa shape index (κ2) is 7.49. The molecule has 94 valence electrons. The van der Waals surface area contributed by atoms with Crippen LogP contribution in [-0.4, -0.2) is 31.6 Å². The van der Waals surface area contributed by atoms with E-state index in [-0.39, 0.29) is 0 Å². The van der Waals surface area contributed by atoms with Crippen LogP contribution in [-0.2, 0) is 0 Å². The van der Waals surface area contributed by atoms with E-state index in [2.05, 4.69) is 36.8 Å². The van der Waals surface area contributed by atoms with Crippen molar-refractivity contribution in [1.29, 1.82) is 0 Å². The van der Waals surface area contributed by atoms with Crippen molar-refractivity contribution in [2.24, 2.45) is 0 Å². The van der Waals surface area contributed by atoms with E-state index in [9.17, 15) is 0 Å². The second-order valence-electron chi connectivity index (χ2n) is 4.20. The molecule has 3 heteroatoms. The molecule has 0 fully saturated rings. The highest BCUT2D eigenvalue weighted by molar-refractivity contribution is 6.30. The number of benzene rings is 1. The second-order valence-corrected chi connectivity index (χ2v) is 4.64. The molecule has 17 heavy (non-hydrogen) atoms. The van der Waals surface area contributed by atoms with E-state index in [1.165, 1.54) is 5.56 Å². The highest BCUT2D eigenvalue weighted by Crippen LogP contribution is 2.21. The van der Waals surface area contributed by atoms with Crippen LogP contribution in [0.4, 0.5) is 0 Å². The monoisotopic (exact) mass is 252 g/mol. The number of nitrogens with one attached hydrogen (secondary N) is 1. The molecule has 2 nitrogen and oxygen atoms in total. The minimum Gasteiger partial charge on any atom is -0.312 e. The minimum absolute atomic E-state index is 0.374. The fourth-order valence-electron chi connectivity index (χ4n) is 1.67. The van der Waals surface area contributed by atoms with E-state index in [0.717, 1.165) is 24.7 Å². The lowest BCUT2D eigenvalue weighted by Gasteiger charge is -2.25. The summed E-state index contributed by atoms with van der Waals surface area (Å²) in [5.41, 5.74) is 1.25. The number of hydrogen-bond acceptors (Lipinski definition) is 2. The smallest absolute Gasteiger partial charge is 0.0409 e. The van der Waals surface area contributed by atoms with E-state index in [1.807, 2.05) is 24.3 Å². The molecule has 0 bridgehead atoms. The molecular formula is C14H21ClN2. The Morgan fingerprint density at radius 1 is 1.53 bits per heavy atom. The van der Waals surface area contributed by atoms with Crippen molar-refractivity contribution < 1.29 is 0 Å². The summed E-state index contributed by atoms with van der Waals surface area (Å²) in [4.78, 5) is 2.31. The summed E-state index contributed by atoms with van der Waals surface area (Å²) < 4.78 is 0. The SMILES string of the molecule is C=CCNCCN(C)C(C)c1cccc(Cl)c1. The van der Waals surface area contributed by atoms with Crippen LogP contribution in [0.2, 0.25) is 5.02 Å². The van der Waals surface area contributed by atoms with Crippen LogP contribution in [0.5, 0.6) is 0 Å². The first-order valence-corrected chi connectivity index (χ1v) is 6.30. The van der Waals surface area contributed by atoms with E-state index in [0.29, 0.717) is 6.04 Å². The van der Waals surface area contributed by atoms with Crippen molar-refractivity contribution in [2.75, 3.05) is 26.7 Å². The summed E-state index contributed by atoms with van der Waals surface area (Å²) in [7, 11) is 2.13. The number of hydrogen-bond donors (Lipinski definition) is 1. The van der Waals surface area contributed by atoms with Crippen LogP contribution >= 0.6 is 11.6 Å². The van der Waals surface area contributed by atoms with Gasteiger partial charge in [-0.25, -0.2) is 0 Å². The molecule has 0 saturated heterocycles. The molecule has 0 saturated carbocycles.